The minimum atomic E-state index is -4.92. The molecule has 0 unspecified atom stereocenters. The number of piperidine rings is 1. The number of carbonyl (C=O) groups excluding carboxylic acids is 4. The molecule has 2 saturated carbocycles. The topological polar surface area (TPSA) is 187 Å². The lowest BCUT2D eigenvalue weighted by atomic mass is 9.70. The Hall–Kier alpha value is -6.01. The molecule has 7 aliphatic rings. The van der Waals surface area contributed by atoms with Crippen LogP contribution in [0.2, 0.25) is 0 Å². The number of alkyl halides is 6. The van der Waals surface area contributed by atoms with E-state index in [0.717, 1.165) is 48.3 Å². The van der Waals surface area contributed by atoms with Crippen LogP contribution in [0.3, 0.4) is 0 Å². The van der Waals surface area contributed by atoms with Crippen molar-refractivity contribution in [3.8, 4) is 6.07 Å². The Kier molecular flexibility index (Phi) is 12.8. The molecule has 70 heavy (non-hydrogen) atoms. The van der Waals surface area contributed by atoms with E-state index >= 15 is 0 Å². The molecule has 2 aliphatic carbocycles. The van der Waals surface area contributed by atoms with Crippen molar-refractivity contribution in [2.75, 3.05) is 52.5 Å². The molecule has 3 atom stereocenters. The van der Waals surface area contributed by atoms with Crippen molar-refractivity contribution < 1.29 is 64.9 Å². The molecule has 21 heteroatoms. The van der Waals surface area contributed by atoms with Crippen molar-refractivity contribution in [3.05, 3.63) is 88.2 Å². The molecule has 4 amide bonds. The second-order valence-corrected chi connectivity index (χ2v) is 20.3. The van der Waals surface area contributed by atoms with Crippen LogP contribution in [0.1, 0.15) is 107 Å². The number of carboxylic acid groups (broad SMARTS) is 1. The zero-order chi connectivity index (χ0) is 50.0. The van der Waals surface area contributed by atoms with Gasteiger partial charge in [-0.25, -0.2) is 4.79 Å². The molecule has 2 aromatic carbocycles. The first kappa shape index (κ1) is 49.0. The van der Waals surface area contributed by atoms with Gasteiger partial charge < -0.3 is 34.6 Å². The molecule has 15 nitrogen and oxygen atoms in total. The van der Waals surface area contributed by atoms with Crippen LogP contribution in [0.5, 0.6) is 0 Å². The number of rotatable bonds is 13. The fourth-order valence-electron chi connectivity index (χ4n) is 11.2. The summed E-state index contributed by atoms with van der Waals surface area (Å²) in [5.41, 5.74) is -4.38. The first-order valence-electron chi connectivity index (χ1n) is 23.6. The summed E-state index contributed by atoms with van der Waals surface area (Å²) in [6, 6.07) is 10.7. The lowest BCUT2D eigenvalue weighted by molar-refractivity contribution is -0.205. The predicted octanol–water partition coefficient (Wildman–Crippen LogP) is 6.02. The largest absolute Gasteiger partial charge is 0.478 e. The number of nitrogens with zero attached hydrogens (tertiary/aromatic N) is 6. The van der Waals surface area contributed by atoms with Crippen LogP contribution in [0.25, 0.3) is 0 Å². The van der Waals surface area contributed by atoms with Crippen LogP contribution >= 0.6 is 0 Å². The third-order valence-corrected chi connectivity index (χ3v) is 15.7. The molecule has 10 rings (SSSR count). The summed E-state index contributed by atoms with van der Waals surface area (Å²) in [4.78, 5) is 72.8. The number of hydrogen-bond donors (Lipinski definition) is 2. The van der Waals surface area contributed by atoms with Crippen LogP contribution < -0.4 is 5.32 Å². The smallest absolute Gasteiger partial charge is 0.417 e. The zero-order valence-corrected chi connectivity index (χ0v) is 38.4. The van der Waals surface area contributed by atoms with E-state index < -0.39 is 87.9 Å². The number of fused-ring (bicyclic) bond motifs is 3. The quantitative estimate of drug-likeness (QED) is 0.192. The average molecular weight is 982 g/mol. The van der Waals surface area contributed by atoms with E-state index in [-0.39, 0.29) is 101 Å². The van der Waals surface area contributed by atoms with Gasteiger partial charge in [0, 0.05) is 56.3 Å². The summed E-state index contributed by atoms with van der Waals surface area (Å²) < 4.78 is 98.2. The maximum absolute atomic E-state index is 14.9. The van der Waals surface area contributed by atoms with E-state index in [4.69, 9.17) is 14.7 Å². The Morgan fingerprint density at radius 1 is 0.929 bits per heavy atom. The number of halogens is 6. The first-order valence-corrected chi connectivity index (χ1v) is 23.6. The number of ether oxygens (including phenoxy) is 2. The monoisotopic (exact) mass is 981 g/mol. The van der Waals surface area contributed by atoms with Crippen molar-refractivity contribution in [2.24, 2.45) is 22.2 Å². The Bertz CT molecular complexity index is 2550. The molecule has 5 aliphatic heterocycles. The fourth-order valence-corrected chi connectivity index (χ4v) is 11.2. The normalized spacial score (nSPS) is 24.7. The number of nitriles is 1. The molecule has 5 saturated heterocycles. The van der Waals surface area contributed by atoms with Crippen molar-refractivity contribution >= 4 is 29.6 Å². The number of likely N-dealkylation sites (tertiary alicyclic amines) is 3. The highest BCUT2D eigenvalue weighted by Gasteiger charge is 2.72. The lowest BCUT2D eigenvalue weighted by Crippen LogP contribution is -2.67. The minimum Gasteiger partial charge on any atom is -0.478 e. The summed E-state index contributed by atoms with van der Waals surface area (Å²) in [5.74, 6) is -6.02. The number of carbonyl (C=O) groups is 5. The van der Waals surface area contributed by atoms with E-state index in [9.17, 15) is 55.4 Å². The fraction of sp³-hybridized carbons (Fsp3) is 0.571. The van der Waals surface area contributed by atoms with Gasteiger partial charge in [-0.05, 0) is 99.6 Å². The van der Waals surface area contributed by atoms with Crippen molar-refractivity contribution in [1.82, 2.24) is 29.8 Å². The predicted molar refractivity (Wildman–Crippen MR) is 234 cm³/mol. The van der Waals surface area contributed by atoms with Crippen molar-refractivity contribution in [1.29, 1.82) is 5.26 Å². The highest BCUT2D eigenvalue weighted by molar-refractivity contribution is 5.96. The molecular weight excluding hydrogens is 929 g/mol. The van der Waals surface area contributed by atoms with E-state index in [1.165, 1.54) is 32.9 Å². The van der Waals surface area contributed by atoms with Gasteiger partial charge in [-0.2, -0.15) is 36.7 Å². The molecule has 0 radical (unpaired) electrons. The highest BCUT2D eigenvalue weighted by atomic mass is 19.4. The van der Waals surface area contributed by atoms with Gasteiger partial charge in [-0.3, -0.25) is 23.9 Å². The van der Waals surface area contributed by atoms with Crippen LogP contribution in [0.4, 0.5) is 26.3 Å². The van der Waals surface area contributed by atoms with Gasteiger partial charge in [0.15, 0.2) is 0 Å². The van der Waals surface area contributed by atoms with Crippen LogP contribution in [0, 0.1) is 33.5 Å². The van der Waals surface area contributed by atoms with Gasteiger partial charge in [-0.15, -0.1) is 0 Å². The van der Waals surface area contributed by atoms with Gasteiger partial charge in [0.25, 0.3) is 5.91 Å². The van der Waals surface area contributed by atoms with Crippen molar-refractivity contribution in [3.63, 3.8) is 0 Å². The summed E-state index contributed by atoms with van der Waals surface area (Å²) in [5, 5.41) is 25.8. The Labute approximate surface area is 399 Å². The Morgan fingerprint density at radius 2 is 1.60 bits per heavy atom. The standard InChI is InChI=1S/C49H53F6N7O8/c1-29(69-27-45-12-8-35(9-13-45)70-28-45)39(42(65)59-16-10-32(11-17-59)33-6-7-36(43(66)67)37(18-33)48(50,51)52)58-40(63)38-23-60(24-46(38)25-61(26-46)44(68)47(14-15-47)49(53,54)55)41(64)34-20-57-62(22-34)21-31-4-2-30(19-56)3-5-31/h2-7,18,20,22,29,32,35,38-39H,8-17,21,23-28H2,1H3,(H,58,63)(H,66,67)/t29-,35?,38+,39+,45?/m1/s1. The summed E-state index contributed by atoms with van der Waals surface area (Å²) >= 11 is 0. The van der Waals surface area contributed by atoms with Gasteiger partial charge in [0.1, 0.15) is 11.5 Å². The molecular formula is C49H53F6N7O8. The maximum Gasteiger partial charge on any atom is 0.417 e. The number of carboxylic acids is 1. The number of aromatic nitrogens is 2. The van der Waals surface area contributed by atoms with Gasteiger partial charge in [-0.1, -0.05) is 18.2 Å². The summed E-state index contributed by atoms with van der Waals surface area (Å²) in [6.45, 7) is 2.02. The second kappa shape index (κ2) is 18.3. The van der Waals surface area contributed by atoms with Crippen molar-refractivity contribution in [2.45, 2.75) is 101 Å². The molecule has 374 valence electrons. The van der Waals surface area contributed by atoms with Crippen LogP contribution in [-0.2, 0) is 36.6 Å². The molecule has 6 heterocycles. The highest BCUT2D eigenvalue weighted by Crippen LogP contribution is 2.60. The van der Waals surface area contributed by atoms with E-state index in [1.807, 2.05) is 0 Å². The van der Waals surface area contributed by atoms with Crippen LogP contribution in [-0.4, -0.2) is 136 Å². The maximum atomic E-state index is 14.9. The Morgan fingerprint density at radius 3 is 2.19 bits per heavy atom. The molecule has 2 N–H and O–H groups in total. The Balaban J connectivity index is 0.947. The van der Waals surface area contributed by atoms with Gasteiger partial charge in [0.05, 0.1) is 72.4 Å². The lowest BCUT2D eigenvalue weighted by Gasteiger charge is -2.51. The third kappa shape index (κ3) is 9.36. The molecule has 7 fully saturated rings. The summed E-state index contributed by atoms with van der Waals surface area (Å²) in [6.07, 6.45) is -4.38. The van der Waals surface area contributed by atoms with E-state index in [1.54, 1.807) is 31.2 Å². The first-order chi connectivity index (χ1) is 33.1. The number of amides is 4. The van der Waals surface area contributed by atoms with E-state index in [0.29, 0.717) is 12.2 Å². The minimum absolute atomic E-state index is 0.0797. The third-order valence-electron chi connectivity index (χ3n) is 15.7. The molecule has 1 spiro atoms. The average Bonchev–Trinajstić information content (AvgIpc) is 3.89. The number of aromatic carboxylic acids is 1. The van der Waals surface area contributed by atoms with E-state index in [2.05, 4.69) is 16.5 Å². The van der Waals surface area contributed by atoms with Gasteiger partial charge >= 0.3 is 18.3 Å². The zero-order valence-electron chi connectivity index (χ0n) is 38.4. The van der Waals surface area contributed by atoms with Crippen LogP contribution in [0.15, 0.2) is 54.9 Å². The SMILES string of the molecule is C[C@@H](OCC12CCC(CC1)OC2)[C@H](NC(=O)[C@@H]1CN(C(=O)c2cnn(Cc3ccc(C#N)cc3)c2)CC12CN(C(=O)C1(C(F)(F)F)CC1)C2)C(=O)N1CCC(c2ccc(C(=O)O)c(C(F)(F)F)c2)CC1. The number of nitrogens with one attached hydrogen (secondary N) is 1. The second-order valence-electron chi connectivity index (χ2n) is 20.3. The molecule has 1 aromatic heterocycles. The van der Waals surface area contributed by atoms with Gasteiger partial charge in [0.2, 0.25) is 17.7 Å². The molecule has 3 aromatic rings. The summed E-state index contributed by atoms with van der Waals surface area (Å²) in [7, 11) is 0. The number of benzene rings is 2. The molecule has 2 bridgehead atoms. The number of hydrogen-bond acceptors (Lipinski definition) is 9.